The highest BCUT2D eigenvalue weighted by atomic mass is 16.5. The number of hydrogen-bond acceptors (Lipinski definition) is 3. The SMILES string of the molecule is NCCOCC1CCOCC1. The monoisotopic (exact) mass is 159 g/mol. The molecule has 1 rings (SSSR count). The first-order valence-corrected chi connectivity index (χ1v) is 4.29. The number of ether oxygens (including phenoxy) is 2. The van der Waals surface area contributed by atoms with E-state index in [1.165, 1.54) is 0 Å². The average molecular weight is 159 g/mol. The molecule has 2 N–H and O–H groups in total. The van der Waals surface area contributed by atoms with Gasteiger partial charge in [-0.25, -0.2) is 0 Å². The number of hydrogen-bond donors (Lipinski definition) is 1. The molecule has 0 aromatic carbocycles. The van der Waals surface area contributed by atoms with Crippen molar-refractivity contribution >= 4 is 0 Å². The second-order valence-corrected chi connectivity index (χ2v) is 2.92. The van der Waals surface area contributed by atoms with Crippen molar-refractivity contribution in [2.24, 2.45) is 11.7 Å². The minimum absolute atomic E-state index is 0.628. The Morgan fingerprint density at radius 2 is 2.09 bits per heavy atom. The lowest BCUT2D eigenvalue weighted by molar-refractivity contribution is 0.0225. The van der Waals surface area contributed by atoms with Crippen molar-refractivity contribution in [3.8, 4) is 0 Å². The van der Waals surface area contributed by atoms with E-state index in [0.29, 0.717) is 19.1 Å². The van der Waals surface area contributed by atoms with Gasteiger partial charge < -0.3 is 15.2 Å². The average Bonchev–Trinajstić information content (AvgIpc) is 2.07. The van der Waals surface area contributed by atoms with Gasteiger partial charge in [-0.3, -0.25) is 0 Å². The van der Waals surface area contributed by atoms with Crippen LogP contribution in [0.4, 0.5) is 0 Å². The van der Waals surface area contributed by atoms with Gasteiger partial charge in [0.1, 0.15) is 0 Å². The summed E-state index contributed by atoms with van der Waals surface area (Å²) >= 11 is 0. The van der Waals surface area contributed by atoms with Crippen LogP contribution in [0.15, 0.2) is 0 Å². The van der Waals surface area contributed by atoms with Gasteiger partial charge in [0.15, 0.2) is 0 Å². The van der Waals surface area contributed by atoms with Crippen molar-refractivity contribution in [1.29, 1.82) is 0 Å². The van der Waals surface area contributed by atoms with Crippen molar-refractivity contribution in [3.05, 3.63) is 0 Å². The lowest BCUT2D eigenvalue weighted by Crippen LogP contribution is -2.21. The normalized spacial score (nSPS) is 20.5. The van der Waals surface area contributed by atoms with E-state index in [0.717, 1.165) is 32.7 Å². The number of nitrogens with two attached hydrogens (primary N) is 1. The Bertz CT molecular complexity index is 92.1. The van der Waals surface area contributed by atoms with Gasteiger partial charge in [-0.15, -0.1) is 0 Å². The Morgan fingerprint density at radius 3 is 2.73 bits per heavy atom. The molecule has 3 heteroatoms. The summed E-state index contributed by atoms with van der Waals surface area (Å²) < 4.78 is 10.6. The summed E-state index contributed by atoms with van der Waals surface area (Å²) in [6.07, 6.45) is 2.29. The topological polar surface area (TPSA) is 44.5 Å². The smallest absolute Gasteiger partial charge is 0.0588 e. The summed E-state index contributed by atoms with van der Waals surface area (Å²) in [5.74, 6) is 0.704. The van der Waals surface area contributed by atoms with E-state index in [1.54, 1.807) is 0 Å². The maximum atomic E-state index is 5.34. The number of rotatable bonds is 4. The van der Waals surface area contributed by atoms with Gasteiger partial charge in [-0.1, -0.05) is 0 Å². The molecular weight excluding hydrogens is 142 g/mol. The zero-order valence-electron chi connectivity index (χ0n) is 6.92. The molecule has 1 saturated heterocycles. The highest BCUT2D eigenvalue weighted by molar-refractivity contribution is 4.62. The van der Waals surface area contributed by atoms with E-state index in [4.69, 9.17) is 15.2 Å². The Labute approximate surface area is 67.9 Å². The Morgan fingerprint density at radius 1 is 1.36 bits per heavy atom. The highest BCUT2D eigenvalue weighted by Crippen LogP contribution is 2.14. The van der Waals surface area contributed by atoms with Crippen LogP contribution >= 0.6 is 0 Å². The molecule has 1 aliphatic rings. The van der Waals surface area contributed by atoms with E-state index in [2.05, 4.69) is 0 Å². The third-order valence-corrected chi connectivity index (χ3v) is 1.96. The van der Waals surface area contributed by atoms with Gasteiger partial charge in [0.25, 0.3) is 0 Å². The zero-order chi connectivity index (χ0) is 7.94. The van der Waals surface area contributed by atoms with Crippen LogP contribution in [0, 0.1) is 5.92 Å². The summed E-state index contributed by atoms with van der Waals surface area (Å²) in [5, 5.41) is 0. The Hall–Kier alpha value is -0.120. The molecule has 1 fully saturated rings. The first-order valence-electron chi connectivity index (χ1n) is 4.29. The van der Waals surface area contributed by atoms with Gasteiger partial charge in [0.05, 0.1) is 6.61 Å². The molecular formula is C8H17NO2. The van der Waals surface area contributed by atoms with E-state index in [1.807, 2.05) is 0 Å². The molecule has 0 saturated carbocycles. The molecule has 11 heavy (non-hydrogen) atoms. The standard InChI is InChI=1S/C8H17NO2/c9-3-6-11-7-8-1-4-10-5-2-8/h8H,1-7,9H2. The van der Waals surface area contributed by atoms with Crippen molar-refractivity contribution in [3.63, 3.8) is 0 Å². The van der Waals surface area contributed by atoms with Crippen LogP contribution in [0.1, 0.15) is 12.8 Å². The minimum Gasteiger partial charge on any atom is -0.381 e. The van der Waals surface area contributed by atoms with Crippen LogP contribution in [-0.4, -0.2) is 33.0 Å². The fraction of sp³-hybridized carbons (Fsp3) is 1.00. The van der Waals surface area contributed by atoms with Crippen LogP contribution in [0.3, 0.4) is 0 Å². The highest BCUT2D eigenvalue weighted by Gasteiger charge is 2.12. The summed E-state index contributed by atoms with van der Waals surface area (Å²) in [6.45, 7) is 3.98. The van der Waals surface area contributed by atoms with Crippen LogP contribution in [0.5, 0.6) is 0 Å². The van der Waals surface area contributed by atoms with Gasteiger partial charge >= 0.3 is 0 Å². The fourth-order valence-electron chi connectivity index (χ4n) is 1.25. The second kappa shape index (κ2) is 5.52. The molecule has 0 spiro atoms. The van der Waals surface area contributed by atoms with Crippen LogP contribution < -0.4 is 5.73 Å². The maximum absolute atomic E-state index is 5.34. The summed E-state index contributed by atoms with van der Waals surface area (Å²) in [4.78, 5) is 0. The lowest BCUT2D eigenvalue weighted by atomic mass is 10.0. The molecule has 0 bridgehead atoms. The Balaban J connectivity index is 1.96. The molecule has 0 amide bonds. The molecule has 1 aliphatic heterocycles. The second-order valence-electron chi connectivity index (χ2n) is 2.92. The molecule has 1 heterocycles. The third kappa shape index (κ3) is 3.70. The van der Waals surface area contributed by atoms with Gasteiger partial charge in [0.2, 0.25) is 0 Å². The molecule has 0 aliphatic carbocycles. The molecule has 0 radical (unpaired) electrons. The van der Waals surface area contributed by atoms with E-state index in [9.17, 15) is 0 Å². The van der Waals surface area contributed by atoms with Gasteiger partial charge in [-0.05, 0) is 18.8 Å². The fourth-order valence-corrected chi connectivity index (χ4v) is 1.25. The molecule has 3 nitrogen and oxygen atoms in total. The predicted molar refractivity (Wildman–Crippen MR) is 43.4 cm³/mol. The summed E-state index contributed by atoms with van der Waals surface area (Å²) in [7, 11) is 0. The quantitative estimate of drug-likeness (QED) is 0.603. The van der Waals surface area contributed by atoms with Crippen molar-refractivity contribution in [2.45, 2.75) is 12.8 Å². The minimum atomic E-state index is 0.628. The van der Waals surface area contributed by atoms with Crippen LogP contribution in [0.2, 0.25) is 0 Å². The largest absolute Gasteiger partial charge is 0.381 e. The first kappa shape index (κ1) is 8.97. The van der Waals surface area contributed by atoms with Crippen molar-refractivity contribution < 1.29 is 9.47 Å². The maximum Gasteiger partial charge on any atom is 0.0588 e. The molecule has 66 valence electrons. The summed E-state index contributed by atoms with van der Waals surface area (Å²) in [5.41, 5.74) is 5.29. The van der Waals surface area contributed by atoms with Crippen molar-refractivity contribution in [1.82, 2.24) is 0 Å². The lowest BCUT2D eigenvalue weighted by Gasteiger charge is -2.21. The van der Waals surface area contributed by atoms with Gasteiger partial charge in [0, 0.05) is 26.4 Å². The van der Waals surface area contributed by atoms with E-state index >= 15 is 0 Å². The van der Waals surface area contributed by atoms with Crippen LogP contribution in [0.25, 0.3) is 0 Å². The zero-order valence-corrected chi connectivity index (χ0v) is 6.92. The first-order chi connectivity index (χ1) is 5.43. The third-order valence-electron chi connectivity index (χ3n) is 1.96. The Kier molecular flexibility index (Phi) is 4.50. The molecule has 0 atom stereocenters. The predicted octanol–water partition coefficient (Wildman–Crippen LogP) is 0.388. The van der Waals surface area contributed by atoms with Crippen molar-refractivity contribution in [2.75, 3.05) is 33.0 Å². The molecule has 0 aromatic heterocycles. The van der Waals surface area contributed by atoms with Gasteiger partial charge in [-0.2, -0.15) is 0 Å². The summed E-state index contributed by atoms with van der Waals surface area (Å²) in [6, 6.07) is 0. The van der Waals surface area contributed by atoms with Crippen LogP contribution in [-0.2, 0) is 9.47 Å². The van der Waals surface area contributed by atoms with E-state index < -0.39 is 0 Å². The molecule has 0 unspecified atom stereocenters. The molecule has 0 aromatic rings. The van der Waals surface area contributed by atoms with E-state index in [-0.39, 0.29) is 0 Å².